The molecule has 0 amide bonds. The average molecular weight is 162 g/mol. The minimum Gasteiger partial charge on any atom is -0.512 e. The summed E-state index contributed by atoms with van der Waals surface area (Å²) >= 11 is 0. The molecule has 0 aromatic heterocycles. The number of hydrogen-bond donors (Lipinski definition) is 1. The van der Waals surface area contributed by atoms with Crippen LogP contribution < -0.4 is 0 Å². The van der Waals surface area contributed by atoms with E-state index in [1.165, 1.54) is 36.8 Å². The fourth-order valence-corrected chi connectivity index (χ4v) is 1.95. The Morgan fingerprint density at radius 3 is 2.92 bits per heavy atom. The molecule has 0 spiro atoms. The largest absolute Gasteiger partial charge is 0.512 e. The molecule has 1 heteroatoms. The van der Waals surface area contributed by atoms with Crippen LogP contribution in [0.25, 0.3) is 0 Å². The van der Waals surface area contributed by atoms with Crippen LogP contribution in [0, 0.1) is 0 Å². The van der Waals surface area contributed by atoms with E-state index < -0.39 is 0 Å². The third-order valence-electron chi connectivity index (χ3n) is 2.61. The van der Waals surface area contributed by atoms with Crippen molar-refractivity contribution >= 4 is 0 Å². The van der Waals surface area contributed by atoms with Crippen LogP contribution in [0.1, 0.15) is 32.1 Å². The number of aliphatic hydroxyl groups excluding tert-OH is 1. The fourth-order valence-electron chi connectivity index (χ4n) is 1.95. The van der Waals surface area contributed by atoms with Gasteiger partial charge in [-0.05, 0) is 37.3 Å². The topological polar surface area (TPSA) is 20.2 Å². The van der Waals surface area contributed by atoms with Gasteiger partial charge in [-0.1, -0.05) is 17.7 Å². The predicted octanol–water partition coefficient (Wildman–Crippen LogP) is 3.26. The van der Waals surface area contributed by atoms with Gasteiger partial charge in [0.2, 0.25) is 0 Å². The van der Waals surface area contributed by atoms with E-state index in [1.54, 1.807) is 6.08 Å². The molecular formula is C11H14O. The van der Waals surface area contributed by atoms with Crippen molar-refractivity contribution < 1.29 is 5.11 Å². The monoisotopic (exact) mass is 162 g/mol. The van der Waals surface area contributed by atoms with Gasteiger partial charge in [0, 0.05) is 6.42 Å². The lowest BCUT2D eigenvalue weighted by Gasteiger charge is -2.16. The van der Waals surface area contributed by atoms with Crippen molar-refractivity contribution in [2.24, 2.45) is 0 Å². The summed E-state index contributed by atoms with van der Waals surface area (Å²) in [6.45, 7) is 0. The molecule has 2 aliphatic carbocycles. The molecule has 64 valence electrons. The van der Waals surface area contributed by atoms with E-state index in [2.05, 4.69) is 6.08 Å². The summed E-state index contributed by atoms with van der Waals surface area (Å²) in [5.41, 5.74) is 2.91. The van der Waals surface area contributed by atoms with Gasteiger partial charge in [0.05, 0.1) is 5.76 Å². The van der Waals surface area contributed by atoms with Crippen LogP contribution in [-0.4, -0.2) is 5.11 Å². The maximum absolute atomic E-state index is 9.40. The minimum atomic E-state index is 0.512. The Morgan fingerprint density at radius 2 is 2.00 bits per heavy atom. The quantitative estimate of drug-likeness (QED) is 0.579. The lowest BCUT2D eigenvalue weighted by atomic mass is 9.90. The highest BCUT2D eigenvalue weighted by Crippen LogP contribution is 2.30. The molecule has 0 saturated heterocycles. The highest BCUT2D eigenvalue weighted by atomic mass is 16.3. The zero-order chi connectivity index (χ0) is 8.39. The Balaban J connectivity index is 2.27. The maximum atomic E-state index is 9.40. The summed E-state index contributed by atoms with van der Waals surface area (Å²) in [6.07, 6.45) is 11.7. The van der Waals surface area contributed by atoms with Gasteiger partial charge in [0.25, 0.3) is 0 Å². The summed E-state index contributed by atoms with van der Waals surface area (Å²) in [5.74, 6) is 0.512. The smallest absolute Gasteiger partial charge is 0.0963 e. The van der Waals surface area contributed by atoms with Gasteiger partial charge in [0.1, 0.15) is 0 Å². The number of rotatable bonds is 0. The molecule has 1 nitrogen and oxygen atoms in total. The molecule has 0 aromatic carbocycles. The SMILES string of the molecule is OC1=CC=CC2=C(CCCC2)C1. The Bertz CT molecular complexity index is 269. The van der Waals surface area contributed by atoms with Crippen molar-refractivity contribution in [2.75, 3.05) is 0 Å². The van der Waals surface area contributed by atoms with Crippen molar-refractivity contribution in [1.82, 2.24) is 0 Å². The summed E-state index contributed by atoms with van der Waals surface area (Å²) < 4.78 is 0. The van der Waals surface area contributed by atoms with Crippen molar-refractivity contribution in [3.05, 3.63) is 35.1 Å². The van der Waals surface area contributed by atoms with E-state index in [0.717, 1.165) is 6.42 Å². The Labute approximate surface area is 73.1 Å². The zero-order valence-electron chi connectivity index (χ0n) is 7.21. The average Bonchev–Trinajstić information content (AvgIpc) is 2.25. The van der Waals surface area contributed by atoms with Gasteiger partial charge in [-0.3, -0.25) is 0 Å². The number of allylic oxidation sites excluding steroid dienone is 5. The molecule has 0 atom stereocenters. The van der Waals surface area contributed by atoms with Crippen molar-refractivity contribution in [2.45, 2.75) is 32.1 Å². The first-order valence-electron chi connectivity index (χ1n) is 4.63. The third-order valence-corrected chi connectivity index (χ3v) is 2.61. The minimum absolute atomic E-state index is 0.512. The number of aliphatic hydroxyl groups is 1. The fraction of sp³-hybridized carbons (Fsp3) is 0.455. The molecule has 0 saturated carbocycles. The Morgan fingerprint density at radius 1 is 1.17 bits per heavy atom. The summed E-state index contributed by atoms with van der Waals surface area (Å²) in [6, 6.07) is 0. The van der Waals surface area contributed by atoms with Crippen LogP contribution in [0.15, 0.2) is 35.1 Å². The standard InChI is InChI=1S/C11H14O/c12-11-7-3-6-9-4-1-2-5-10(9)8-11/h3,6-7,12H,1-2,4-5,8H2. The Kier molecular flexibility index (Phi) is 2.03. The molecule has 12 heavy (non-hydrogen) atoms. The molecule has 0 fully saturated rings. The zero-order valence-corrected chi connectivity index (χ0v) is 7.21. The van der Waals surface area contributed by atoms with Gasteiger partial charge in [-0.25, -0.2) is 0 Å². The van der Waals surface area contributed by atoms with Gasteiger partial charge < -0.3 is 5.11 Å². The Hall–Kier alpha value is -0.980. The van der Waals surface area contributed by atoms with Crippen LogP contribution in [0.2, 0.25) is 0 Å². The molecule has 0 heterocycles. The molecule has 0 unspecified atom stereocenters. The third kappa shape index (κ3) is 1.45. The van der Waals surface area contributed by atoms with Crippen molar-refractivity contribution in [3.8, 4) is 0 Å². The van der Waals surface area contributed by atoms with Gasteiger partial charge in [-0.15, -0.1) is 0 Å². The maximum Gasteiger partial charge on any atom is 0.0963 e. The first-order chi connectivity index (χ1) is 5.86. The summed E-state index contributed by atoms with van der Waals surface area (Å²) in [4.78, 5) is 0. The predicted molar refractivity (Wildman–Crippen MR) is 50.0 cm³/mol. The molecule has 2 rings (SSSR count). The van der Waals surface area contributed by atoms with Crippen LogP contribution in [-0.2, 0) is 0 Å². The first-order valence-corrected chi connectivity index (χ1v) is 4.63. The normalized spacial score (nSPS) is 23.2. The summed E-state index contributed by atoms with van der Waals surface area (Å²) in [7, 11) is 0. The molecule has 0 bridgehead atoms. The van der Waals surface area contributed by atoms with Crippen LogP contribution in [0.4, 0.5) is 0 Å². The highest BCUT2D eigenvalue weighted by Gasteiger charge is 2.12. The molecular weight excluding hydrogens is 148 g/mol. The van der Waals surface area contributed by atoms with E-state index in [9.17, 15) is 5.11 Å². The van der Waals surface area contributed by atoms with E-state index in [0.29, 0.717) is 5.76 Å². The highest BCUT2D eigenvalue weighted by molar-refractivity contribution is 5.35. The van der Waals surface area contributed by atoms with E-state index >= 15 is 0 Å². The molecule has 0 aromatic rings. The second-order valence-electron chi connectivity index (χ2n) is 3.53. The van der Waals surface area contributed by atoms with Crippen LogP contribution in [0.5, 0.6) is 0 Å². The van der Waals surface area contributed by atoms with Crippen molar-refractivity contribution in [1.29, 1.82) is 0 Å². The second kappa shape index (κ2) is 3.18. The molecule has 0 radical (unpaired) electrons. The van der Waals surface area contributed by atoms with E-state index in [4.69, 9.17) is 0 Å². The van der Waals surface area contributed by atoms with Gasteiger partial charge in [0.15, 0.2) is 0 Å². The molecule has 1 N–H and O–H groups in total. The van der Waals surface area contributed by atoms with E-state index in [-0.39, 0.29) is 0 Å². The van der Waals surface area contributed by atoms with Gasteiger partial charge >= 0.3 is 0 Å². The van der Waals surface area contributed by atoms with Crippen LogP contribution in [0.3, 0.4) is 0 Å². The lowest BCUT2D eigenvalue weighted by Crippen LogP contribution is -1.98. The van der Waals surface area contributed by atoms with Crippen LogP contribution >= 0.6 is 0 Å². The van der Waals surface area contributed by atoms with Crippen molar-refractivity contribution in [3.63, 3.8) is 0 Å². The lowest BCUT2D eigenvalue weighted by molar-refractivity contribution is 0.395. The first kappa shape index (κ1) is 7.66. The molecule has 2 aliphatic rings. The second-order valence-corrected chi connectivity index (χ2v) is 3.53. The summed E-state index contributed by atoms with van der Waals surface area (Å²) in [5, 5.41) is 9.40. The number of hydrogen-bond acceptors (Lipinski definition) is 1. The van der Waals surface area contributed by atoms with E-state index in [1.807, 2.05) is 6.08 Å². The molecule has 0 aliphatic heterocycles. The van der Waals surface area contributed by atoms with Gasteiger partial charge in [-0.2, -0.15) is 0 Å².